The maximum Gasteiger partial charge on any atom is 0.0640 e. The summed E-state index contributed by atoms with van der Waals surface area (Å²) >= 11 is 2.01. The summed E-state index contributed by atoms with van der Waals surface area (Å²) in [4.78, 5) is 0. The predicted molar refractivity (Wildman–Crippen MR) is 90.6 cm³/mol. The van der Waals surface area contributed by atoms with Gasteiger partial charge in [-0.25, -0.2) is 0 Å². The number of hydrogen-bond donors (Lipinski definition) is 1. The van der Waals surface area contributed by atoms with E-state index in [2.05, 4.69) is 56.9 Å². The lowest BCUT2D eigenvalue weighted by Gasteiger charge is -2.22. The van der Waals surface area contributed by atoms with Gasteiger partial charge in [-0.3, -0.25) is 4.68 Å². The Morgan fingerprint density at radius 2 is 1.95 bits per heavy atom. The zero-order valence-corrected chi connectivity index (χ0v) is 14.8. The van der Waals surface area contributed by atoms with Gasteiger partial charge >= 0.3 is 0 Å². The Hall–Kier alpha value is -0.480. The topological polar surface area (TPSA) is 29.9 Å². The summed E-state index contributed by atoms with van der Waals surface area (Å²) in [7, 11) is 2.05. The van der Waals surface area contributed by atoms with E-state index in [9.17, 15) is 0 Å². The highest BCUT2D eigenvalue weighted by molar-refractivity contribution is 8.00. The molecule has 0 spiro atoms. The zero-order chi connectivity index (χ0) is 15.2. The van der Waals surface area contributed by atoms with Gasteiger partial charge in [0.1, 0.15) is 0 Å². The third-order valence-corrected chi connectivity index (χ3v) is 5.00. The molecule has 4 heteroatoms. The summed E-state index contributed by atoms with van der Waals surface area (Å²) in [6.07, 6.45) is 5.43. The normalized spacial score (nSPS) is 13.9. The largest absolute Gasteiger partial charge is 0.316 e. The fourth-order valence-electron chi connectivity index (χ4n) is 2.20. The van der Waals surface area contributed by atoms with E-state index >= 15 is 0 Å². The summed E-state index contributed by atoms with van der Waals surface area (Å²) < 4.78 is 2.46. The van der Waals surface area contributed by atoms with Crippen LogP contribution in [0, 0.1) is 0 Å². The van der Waals surface area contributed by atoms with Crippen molar-refractivity contribution in [1.29, 1.82) is 0 Å². The molecule has 1 rings (SSSR count). The predicted octanol–water partition coefficient (Wildman–Crippen LogP) is 3.91. The maximum atomic E-state index is 4.75. The van der Waals surface area contributed by atoms with E-state index in [0.717, 1.165) is 25.0 Å². The second kappa shape index (κ2) is 8.08. The molecule has 0 aliphatic carbocycles. The molecule has 1 atom stereocenters. The Kier molecular flexibility index (Phi) is 7.10. The second-order valence-corrected chi connectivity index (χ2v) is 8.22. The number of aromatic nitrogens is 2. The molecule has 0 aliphatic heterocycles. The maximum absolute atomic E-state index is 4.75. The van der Waals surface area contributed by atoms with Crippen molar-refractivity contribution in [3.05, 3.63) is 18.0 Å². The molecule has 0 saturated carbocycles. The molecule has 20 heavy (non-hydrogen) atoms. The lowest BCUT2D eigenvalue weighted by Crippen LogP contribution is -2.32. The first kappa shape index (κ1) is 17.6. The van der Waals surface area contributed by atoms with Crippen LogP contribution in [0.5, 0.6) is 0 Å². The number of rotatable bonds is 8. The van der Waals surface area contributed by atoms with Gasteiger partial charge in [-0.2, -0.15) is 16.9 Å². The van der Waals surface area contributed by atoms with Crippen molar-refractivity contribution in [3.63, 3.8) is 0 Å². The van der Waals surface area contributed by atoms with Gasteiger partial charge in [0, 0.05) is 29.2 Å². The molecule has 0 bridgehead atoms. The molecule has 1 unspecified atom stereocenters. The van der Waals surface area contributed by atoms with Gasteiger partial charge in [0.25, 0.3) is 0 Å². The molecule has 0 amide bonds. The molecule has 116 valence electrons. The Labute approximate surface area is 128 Å². The molecule has 3 nitrogen and oxygen atoms in total. The highest BCUT2D eigenvalue weighted by Gasteiger charge is 2.16. The SMILES string of the molecule is CCC(CC)n1ccc(CC(CSC(C)(C)C)NC)n1. The van der Waals surface area contributed by atoms with E-state index < -0.39 is 0 Å². The van der Waals surface area contributed by atoms with Crippen LogP contribution < -0.4 is 5.32 Å². The number of likely N-dealkylation sites (N-methyl/N-ethyl adjacent to an activating group) is 1. The van der Waals surface area contributed by atoms with Gasteiger partial charge in [-0.15, -0.1) is 0 Å². The number of nitrogens with zero attached hydrogens (tertiary/aromatic N) is 2. The van der Waals surface area contributed by atoms with Crippen molar-refractivity contribution in [2.24, 2.45) is 0 Å². The minimum atomic E-state index is 0.323. The van der Waals surface area contributed by atoms with Crippen LogP contribution in [0.4, 0.5) is 0 Å². The lowest BCUT2D eigenvalue weighted by atomic mass is 10.2. The first-order chi connectivity index (χ1) is 9.39. The van der Waals surface area contributed by atoms with E-state index in [1.807, 2.05) is 18.8 Å². The van der Waals surface area contributed by atoms with Crippen LogP contribution in [0.25, 0.3) is 0 Å². The van der Waals surface area contributed by atoms with Crippen molar-refractivity contribution in [1.82, 2.24) is 15.1 Å². The van der Waals surface area contributed by atoms with E-state index in [1.54, 1.807) is 0 Å². The molecule has 0 radical (unpaired) electrons. The van der Waals surface area contributed by atoms with Gasteiger partial charge < -0.3 is 5.32 Å². The van der Waals surface area contributed by atoms with Crippen LogP contribution >= 0.6 is 11.8 Å². The van der Waals surface area contributed by atoms with Crippen LogP contribution in [-0.2, 0) is 6.42 Å². The van der Waals surface area contributed by atoms with E-state index in [4.69, 9.17) is 5.10 Å². The van der Waals surface area contributed by atoms with Gasteiger partial charge in [-0.1, -0.05) is 34.6 Å². The Morgan fingerprint density at radius 1 is 1.30 bits per heavy atom. The smallest absolute Gasteiger partial charge is 0.0640 e. The summed E-state index contributed by atoms with van der Waals surface area (Å²) in [6.45, 7) is 11.3. The van der Waals surface area contributed by atoms with Crippen molar-refractivity contribution >= 4 is 11.8 Å². The van der Waals surface area contributed by atoms with Crippen molar-refractivity contribution in [2.45, 2.75) is 70.7 Å². The molecule has 1 aromatic heterocycles. The molecule has 1 N–H and O–H groups in total. The van der Waals surface area contributed by atoms with Crippen LogP contribution in [-0.4, -0.2) is 33.4 Å². The molecule has 1 heterocycles. The summed E-state index contributed by atoms with van der Waals surface area (Å²) in [6, 6.07) is 3.20. The summed E-state index contributed by atoms with van der Waals surface area (Å²) in [5.74, 6) is 1.12. The average Bonchev–Trinajstić information content (AvgIpc) is 2.83. The standard InChI is InChI=1S/C16H31N3S/c1-7-15(8-2)19-10-9-13(18-19)11-14(17-6)12-20-16(3,4)5/h9-10,14-15,17H,7-8,11-12H2,1-6H3. The van der Waals surface area contributed by atoms with Crippen LogP contribution in [0.1, 0.15) is 59.2 Å². The third-order valence-electron chi connectivity index (χ3n) is 3.56. The fraction of sp³-hybridized carbons (Fsp3) is 0.812. The van der Waals surface area contributed by atoms with Gasteiger partial charge in [-0.05, 0) is 26.0 Å². The summed E-state index contributed by atoms with van der Waals surface area (Å²) in [5.41, 5.74) is 1.20. The van der Waals surface area contributed by atoms with Crippen LogP contribution in [0.2, 0.25) is 0 Å². The van der Waals surface area contributed by atoms with Crippen LogP contribution in [0.3, 0.4) is 0 Å². The van der Waals surface area contributed by atoms with Crippen LogP contribution in [0.15, 0.2) is 12.3 Å². The first-order valence-electron chi connectivity index (χ1n) is 7.74. The quantitative estimate of drug-likeness (QED) is 0.789. The Balaban J connectivity index is 2.57. The highest BCUT2D eigenvalue weighted by Crippen LogP contribution is 2.24. The Bertz CT molecular complexity index is 377. The van der Waals surface area contributed by atoms with Crippen molar-refractivity contribution < 1.29 is 0 Å². The lowest BCUT2D eigenvalue weighted by molar-refractivity contribution is 0.424. The number of thioether (sulfide) groups is 1. The Morgan fingerprint density at radius 3 is 2.45 bits per heavy atom. The monoisotopic (exact) mass is 297 g/mol. The molecular formula is C16H31N3S. The number of hydrogen-bond acceptors (Lipinski definition) is 3. The van der Waals surface area contributed by atoms with Gasteiger partial charge in [0.15, 0.2) is 0 Å². The molecule has 0 fully saturated rings. The minimum absolute atomic E-state index is 0.323. The van der Waals surface area contributed by atoms with E-state index in [0.29, 0.717) is 16.8 Å². The first-order valence-corrected chi connectivity index (χ1v) is 8.73. The second-order valence-electron chi connectivity index (χ2n) is 6.37. The fourth-order valence-corrected chi connectivity index (χ4v) is 3.19. The molecule has 0 aromatic carbocycles. The third kappa shape index (κ3) is 5.88. The molecule has 1 aromatic rings. The highest BCUT2D eigenvalue weighted by atomic mass is 32.2. The van der Waals surface area contributed by atoms with Gasteiger partial charge in [0.2, 0.25) is 0 Å². The van der Waals surface area contributed by atoms with E-state index in [-0.39, 0.29) is 0 Å². The van der Waals surface area contributed by atoms with Crippen molar-refractivity contribution in [3.8, 4) is 0 Å². The van der Waals surface area contributed by atoms with Crippen molar-refractivity contribution in [2.75, 3.05) is 12.8 Å². The number of nitrogens with one attached hydrogen (secondary N) is 1. The van der Waals surface area contributed by atoms with Gasteiger partial charge in [0.05, 0.1) is 11.7 Å². The van der Waals surface area contributed by atoms with E-state index in [1.165, 1.54) is 5.69 Å². The molecule has 0 saturated heterocycles. The molecular weight excluding hydrogens is 266 g/mol. The summed E-state index contributed by atoms with van der Waals surface area (Å²) in [5, 5.41) is 8.17. The minimum Gasteiger partial charge on any atom is -0.316 e. The average molecular weight is 298 g/mol. The molecule has 0 aliphatic rings. The zero-order valence-electron chi connectivity index (χ0n) is 13.9.